The fourth-order valence-electron chi connectivity index (χ4n) is 11.3. The molecule has 0 unspecified atom stereocenters. The summed E-state index contributed by atoms with van der Waals surface area (Å²) in [4.78, 5) is 30.7. The van der Waals surface area contributed by atoms with E-state index < -0.39 is 10.8 Å². The number of fused-ring (bicyclic) bond motifs is 6. The topological polar surface area (TPSA) is 52.6 Å². The summed E-state index contributed by atoms with van der Waals surface area (Å²) in [5, 5.41) is 4.25. The van der Waals surface area contributed by atoms with Gasteiger partial charge < -0.3 is 9.47 Å². The Morgan fingerprint density at radius 3 is 1.04 bits per heavy atom. The van der Waals surface area contributed by atoms with Gasteiger partial charge in [-0.3, -0.25) is 9.59 Å². The van der Waals surface area contributed by atoms with Gasteiger partial charge in [-0.25, -0.2) is 0 Å². The van der Waals surface area contributed by atoms with Crippen LogP contribution in [0.25, 0.3) is 21.5 Å². The number of hydrogen-bond donors (Lipinski definition) is 0. The molecular formula is C68H46O4S. The van der Waals surface area contributed by atoms with Crippen LogP contribution in [0.15, 0.2) is 228 Å². The molecular weight excluding hydrogens is 913 g/mol. The van der Waals surface area contributed by atoms with Crippen LogP contribution in [0, 0.1) is 23.7 Å². The molecule has 73 heavy (non-hydrogen) atoms. The Morgan fingerprint density at radius 2 is 0.685 bits per heavy atom. The molecule has 0 amide bonds. The van der Waals surface area contributed by atoms with Gasteiger partial charge in [-0.05, 0) is 141 Å². The zero-order chi connectivity index (χ0) is 49.5. The predicted molar refractivity (Wildman–Crippen MR) is 293 cm³/mol. The van der Waals surface area contributed by atoms with Crippen molar-refractivity contribution in [1.82, 2.24) is 0 Å². The molecule has 0 bridgehead atoms. The number of carbonyl (C=O) groups is 2. The SMILES string of the molecule is CC#CCOc1ccc2cc(C3(c4ccc(Sc5ccc(C6(c7ccc8cc(OCC#CC)ccc8c7)c7ccccc7C(=O)c7ccccc76)cc5)cc4)c4ccccc4C(=O)c4ccccc43)ccc2c1. The van der Waals surface area contributed by atoms with Gasteiger partial charge in [-0.15, -0.1) is 11.8 Å². The minimum Gasteiger partial charge on any atom is -0.481 e. The van der Waals surface area contributed by atoms with Gasteiger partial charge in [-0.1, -0.05) is 181 Å². The summed E-state index contributed by atoms with van der Waals surface area (Å²) in [5.74, 6) is 13.4. The lowest BCUT2D eigenvalue weighted by Gasteiger charge is -2.42. The molecule has 2 aliphatic rings. The minimum absolute atomic E-state index is 0.0299. The minimum atomic E-state index is -0.795. The third-order valence-corrected chi connectivity index (χ3v) is 15.6. The smallest absolute Gasteiger partial charge is 0.193 e. The zero-order valence-electron chi connectivity index (χ0n) is 40.2. The summed E-state index contributed by atoms with van der Waals surface area (Å²) < 4.78 is 11.9. The normalized spacial score (nSPS) is 13.6. The van der Waals surface area contributed by atoms with Crippen molar-refractivity contribution < 1.29 is 19.1 Å². The Labute approximate surface area is 429 Å². The molecule has 0 saturated carbocycles. The van der Waals surface area contributed by atoms with E-state index in [4.69, 9.17) is 9.47 Å². The lowest BCUT2D eigenvalue weighted by molar-refractivity contribution is 0.102. The molecule has 0 atom stereocenters. The van der Waals surface area contributed by atoms with Crippen LogP contribution >= 0.6 is 11.8 Å². The number of ether oxygens (including phenoxy) is 2. The van der Waals surface area contributed by atoms with Gasteiger partial charge in [0.15, 0.2) is 11.6 Å². The first kappa shape index (κ1) is 45.3. The molecule has 0 N–H and O–H groups in total. The van der Waals surface area contributed by atoms with Crippen molar-refractivity contribution in [1.29, 1.82) is 0 Å². The first-order valence-electron chi connectivity index (χ1n) is 24.4. The Balaban J connectivity index is 0.942. The second kappa shape index (κ2) is 18.7. The van der Waals surface area contributed by atoms with Crippen molar-refractivity contribution in [2.75, 3.05) is 13.2 Å². The van der Waals surface area contributed by atoms with Crippen molar-refractivity contribution in [3.63, 3.8) is 0 Å². The summed E-state index contributed by atoms with van der Waals surface area (Å²) >= 11 is 1.70. The van der Waals surface area contributed by atoms with Gasteiger partial charge in [0.05, 0.1) is 10.8 Å². The van der Waals surface area contributed by atoms with E-state index in [1.807, 2.05) is 98.8 Å². The Morgan fingerprint density at radius 1 is 0.370 bits per heavy atom. The highest BCUT2D eigenvalue weighted by Crippen LogP contribution is 2.53. The molecule has 2 aliphatic carbocycles. The highest BCUT2D eigenvalue weighted by atomic mass is 32.2. The van der Waals surface area contributed by atoms with Crippen molar-refractivity contribution in [2.45, 2.75) is 34.5 Å². The van der Waals surface area contributed by atoms with Gasteiger partial charge >= 0.3 is 0 Å². The summed E-state index contributed by atoms with van der Waals surface area (Å²) in [6.07, 6.45) is 0. The lowest BCUT2D eigenvalue weighted by Crippen LogP contribution is -2.38. The van der Waals surface area contributed by atoms with Crippen LogP contribution in [0.5, 0.6) is 11.5 Å². The van der Waals surface area contributed by atoms with Gasteiger partial charge in [0.1, 0.15) is 24.7 Å². The molecule has 5 heteroatoms. The van der Waals surface area contributed by atoms with Gasteiger partial charge in [0.25, 0.3) is 0 Å². The summed E-state index contributed by atoms with van der Waals surface area (Å²) in [6.45, 7) is 4.28. The summed E-state index contributed by atoms with van der Waals surface area (Å²) in [6, 6.07) is 75.5. The molecule has 0 aliphatic heterocycles. The molecule has 348 valence electrons. The third-order valence-electron chi connectivity index (χ3n) is 14.6. The van der Waals surface area contributed by atoms with Crippen LogP contribution in [0.1, 0.15) is 90.2 Å². The zero-order valence-corrected chi connectivity index (χ0v) is 41.1. The van der Waals surface area contributed by atoms with E-state index in [-0.39, 0.29) is 11.6 Å². The first-order valence-corrected chi connectivity index (χ1v) is 25.2. The fraction of sp³-hybridized carbons (Fsp3) is 0.0882. The molecule has 0 saturated heterocycles. The van der Waals surface area contributed by atoms with E-state index in [2.05, 4.69) is 157 Å². The van der Waals surface area contributed by atoms with Crippen LogP contribution in [-0.2, 0) is 10.8 Å². The summed E-state index contributed by atoms with van der Waals surface area (Å²) in [7, 11) is 0. The molecule has 0 aromatic heterocycles. The van der Waals surface area contributed by atoms with Gasteiger partial charge in [0, 0.05) is 32.0 Å². The second-order valence-corrected chi connectivity index (χ2v) is 19.5. The molecule has 10 aromatic rings. The molecule has 0 spiro atoms. The average molecular weight is 959 g/mol. The molecule has 0 heterocycles. The van der Waals surface area contributed by atoms with Crippen molar-refractivity contribution in [2.24, 2.45) is 0 Å². The number of ketones is 2. The maximum atomic E-state index is 14.3. The predicted octanol–water partition coefficient (Wildman–Crippen LogP) is 14.8. The maximum absolute atomic E-state index is 14.3. The van der Waals surface area contributed by atoms with E-state index in [1.54, 1.807) is 11.8 Å². The van der Waals surface area contributed by atoms with Crippen LogP contribution in [-0.4, -0.2) is 24.8 Å². The summed E-state index contributed by atoms with van der Waals surface area (Å²) in [5.41, 5.74) is 9.30. The highest BCUT2D eigenvalue weighted by Gasteiger charge is 2.48. The Bertz CT molecular complexity index is 3620. The van der Waals surface area contributed by atoms with E-state index >= 15 is 0 Å². The number of hydrogen-bond acceptors (Lipinski definition) is 5. The van der Waals surface area contributed by atoms with Crippen LogP contribution < -0.4 is 9.47 Å². The molecule has 0 fully saturated rings. The average Bonchev–Trinajstić information content (AvgIpc) is 3.44. The first-order chi connectivity index (χ1) is 35.9. The lowest BCUT2D eigenvalue weighted by atomic mass is 9.59. The molecule has 12 rings (SSSR count). The van der Waals surface area contributed by atoms with E-state index in [0.717, 1.165) is 87.3 Å². The van der Waals surface area contributed by atoms with Crippen LogP contribution in [0.2, 0.25) is 0 Å². The van der Waals surface area contributed by atoms with Crippen molar-refractivity contribution in [3.05, 3.63) is 285 Å². The quantitative estimate of drug-likeness (QED) is 0.128. The molecule has 4 nitrogen and oxygen atoms in total. The van der Waals surface area contributed by atoms with Gasteiger partial charge in [0.2, 0.25) is 0 Å². The molecule has 0 radical (unpaired) electrons. The number of carbonyl (C=O) groups excluding carboxylic acids is 2. The second-order valence-electron chi connectivity index (χ2n) is 18.4. The fourth-order valence-corrected chi connectivity index (χ4v) is 12.2. The Hall–Kier alpha value is -8.87. The van der Waals surface area contributed by atoms with Gasteiger partial charge in [-0.2, -0.15) is 0 Å². The van der Waals surface area contributed by atoms with Crippen molar-refractivity contribution >= 4 is 44.9 Å². The maximum Gasteiger partial charge on any atom is 0.193 e. The van der Waals surface area contributed by atoms with E-state index in [9.17, 15) is 9.59 Å². The van der Waals surface area contributed by atoms with E-state index in [0.29, 0.717) is 35.5 Å². The highest BCUT2D eigenvalue weighted by molar-refractivity contribution is 7.99. The van der Waals surface area contributed by atoms with Crippen LogP contribution in [0.3, 0.4) is 0 Å². The monoisotopic (exact) mass is 958 g/mol. The van der Waals surface area contributed by atoms with E-state index in [1.165, 1.54) is 0 Å². The third kappa shape index (κ3) is 7.52. The Kier molecular flexibility index (Phi) is 11.6. The largest absolute Gasteiger partial charge is 0.481 e. The van der Waals surface area contributed by atoms with Crippen molar-refractivity contribution in [3.8, 4) is 35.2 Å². The van der Waals surface area contributed by atoms with Crippen LogP contribution in [0.4, 0.5) is 0 Å². The standard InChI is InChI=1S/C68H46O4S/c1-3-5-39-71-53-33-25-45-41-51(27-23-47(45)43-53)67(61-19-11-7-15-57(61)65(69)58-16-8-12-20-62(58)67)49-29-35-55(36-30-49)73-56-37-31-50(32-38-56)68(52-28-24-48-44-54(72-40-6-4-2)34-26-46(48)42-52)63-21-13-9-17-59(63)66(70)60-18-10-14-22-64(60)68/h7-38,41-44H,39-40H2,1-2H3. The number of rotatable bonds is 10. The molecule has 10 aromatic carbocycles. The number of benzene rings is 10.